The third kappa shape index (κ3) is 4.66. The number of benzene rings is 2. The molecule has 0 aliphatic rings. The van der Waals surface area contributed by atoms with Crippen LogP contribution in [0, 0.1) is 0 Å². The van der Waals surface area contributed by atoms with Gasteiger partial charge in [0.1, 0.15) is 0 Å². The third-order valence-corrected chi connectivity index (χ3v) is 3.33. The van der Waals surface area contributed by atoms with Crippen LogP contribution in [-0.4, -0.2) is 26.1 Å². The van der Waals surface area contributed by atoms with E-state index in [2.05, 4.69) is 10.1 Å². The van der Waals surface area contributed by atoms with Crippen LogP contribution >= 0.6 is 0 Å². The van der Waals surface area contributed by atoms with E-state index in [0.29, 0.717) is 24.3 Å². The number of nitrogens with one attached hydrogen (secondary N) is 1. The molecular weight excluding hydrogens is 294 g/mol. The van der Waals surface area contributed by atoms with Crippen LogP contribution in [0.2, 0.25) is 0 Å². The maximum absolute atomic E-state index is 12.2. The second-order valence-corrected chi connectivity index (χ2v) is 5.00. The van der Waals surface area contributed by atoms with Gasteiger partial charge in [0.2, 0.25) is 0 Å². The summed E-state index contributed by atoms with van der Waals surface area (Å²) >= 11 is 0. The summed E-state index contributed by atoms with van der Waals surface area (Å²) in [4.78, 5) is 23.5. The Bertz CT molecular complexity index is 680. The topological polar surface area (TPSA) is 64.6 Å². The Morgan fingerprint density at radius 3 is 2.35 bits per heavy atom. The van der Waals surface area contributed by atoms with Crippen molar-refractivity contribution < 1.29 is 19.1 Å². The van der Waals surface area contributed by atoms with Gasteiger partial charge in [0.15, 0.2) is 0 Å². The van der Waals surface area contributed by atoms with Crippen molar-refractivity contribution in [2.24, 2.45) is 0 Å². The van der Waals surface area contributed by atoms with Gasteiger partial charge >= 0.3 is 5.97 Å². The number of carbonyl (C=O) groups is 2. The molecule has 23 heavy (non-hydrogen) atoms. The molecule has 0 saturated carbocycles. The zero-order valence-electron chi connectivity index (χ0n) is 13.2. The van der Waals surface area contributed by atoms with E-state index >= 15 is 0 Å². The first kappa shape index (κ1) is 16.7. The van der Waals surface area contributed by atoms with Crippen molar-refractivity contribution in [3.05, 3.63) is 70.8 Å². The molecule has 0 aliphatic carbocycles. The highest BCUT2D eigenvalue weighted by Gasteiger charge is 2.07. The Labute approximate surface area is 135 Å². The minimum Gasteiger partial charge on any atom is -0.465 e. The molecule has 0 atom stereocenters. The van der Waals surface area contributed by atoms with Gasteiger partial charge in [-0.3, -0.25) is 4.79 Å². The molecule has 1 N–H and O–H groups in total. The highest BCUT2D eigenvalue weighted by molar-refractivity contribution is 5.94. The first-order valence-electron chi connectivity index (χ1n) is 7.17. The van der Waals surface area contributed by atoms with E-state index in [1.807, 2.05) is 12.1 Å². The second-order valence-electron chi connectivity index (χ2n) is 5.00. The van der Waals surface area contributed by atoms with Crippen LogP contribution in [-0.2, 0) is 22.6 Å². The van der Waals surface area contributed by atoms with Gasteiger partial charge in [0.25, 0.3) is 5.91 Å². The average Bonchev–Trinajstić information content (AvgIpc) is 2.60. The molecule has 5 heteroatoms. The van der Waals surface area contributed by atoms with Crippen molar-refractivity contribution in [3.8, 4) is 0 Å². The number of carbonyl (C=O) groups excluding carboxylic acids is 2. The number of methoxy groups -OCH3 is 2. The van der Waals surface area contributed by atoms with Crippen molar-refractivity contribution in [3.63, 3.8) is 0 Å². The fourth-order valence-corrected chi connectivity index (χ4v) is 2.13. The van der Waals surface area contributed by atoms with Crippen molar-refractivity contribution in [2.75, 3.05) is 14.2 Å². The van der Waals surface area contributed by atoms with Crippen LogP contribution in [0.3, 0.4) is 0 Å². The molecule has 2 rings (SSSR count). The van der Waals surface area contributed by atoms with Crippen LogP contribution < -0.4 is 5.32 Å². The van der Waals surface area contributed by atoms with Gasteiger partial charge in [-0.05, 0) is 35.4 Å². The first-order valence-corrected chi connectivity index (χ1v) is 7.17. The SMILES string of the molecule is COCc1cccc(C(=O)NCc2ccc(C(=O)OC)cc2)c1. The van der Waals surface area contributed by atoms with Crippen molar-refractivity contribution in [1.82, 2.24) is 5.32 Å². The van der Waals surface area contributed by atoms with Crippen LogP contribution in [0.4, 0.5) is 0 Å². The van der Waals surface area contributed by atoms with Crippen molar-refractivity contribution in [2.45, 2.75) is 13.2 Å². The molecule has 2 aromatic rings. The number of rotatable bonds is 6. The first-order chi connectivity index (χ1) is 11.1. The fourth-order valence-electron chi connectivity index (χ4n) is 2.13. The highest BCUT2D eigenvalue weighted by Crippen LogP contribution is 2.08. The van der Waals surface area contributed by atoms with Crippen LogP contribution in [0.25, 0.3) is 0 Å². The van der Waals surface area contributed by atoms with E-state index < -0.39 is 0 Å². The summed E-state index contributed by atoms with van der Waals surface area (Å²) in [5.74, 6) is -0.532. The summed E-state index contributed by atoms with van der Waals surface area (Å²) in [5, 5.41) is 2.85. The molecule has 0 unspecified atom stereocenters. The van der Waals surface area contributed by atoms with Gasteiger partial charge in [0.05, 0.1) is 19.3 Å². The van der Waals surface area contributed by atoms with Gasteiger partial charge in [0, 0.05) is 19.2 Å². The molecule has 0 saturated heterocycles. The number of esters is 1. The van der Waals surface area contributed by atoms with Crippen LogP contribution in [0.15, 0.2) is 48.5 Å². The largest absolute Gasteiger partial charge is 0.465 e. The van der Waals surface area contributed by atoms with Crippen molar-refractivity contribution >= 4 is 11.9 Å². The maximum Gasteiger partial charge on any atom is 0.337 e. The normalized spacial score (nSPS) is 10.2. The van der Waals surface area contributed by atoms with Gasteiger partial charge in [-0.25, -0.2) is 4.79 Å². The predicted molar refractivity (Wildman–Crippen MR) is 86.1 cm³/mol. The molecule has 1 amide bonds. The molecular formula is C18H19NO4. The Morgan fingerprint density at radius 2 is 1.70 bits per heavy atom. The van der Waals surface area contributed by atoms with E-state index in [4.69, 9.17) is 4.74 Å². The molecule has 0 spiro atoms. The Balaban J connectivity index is 1.96. The van der Waals surface area contributed by atoms with E-state index in [9.17, 15) is 9.59 Å². The molecule has 0 radical (unpaired) electrons. The standard InChI is InChI=1S/C18H19NO4/c1-22-12-14-4-3-5-16(10-14)17(20)19-11-13-6-8-15(9-7-13)18(21)23-2/h3-10H,11-12H2,1-2H3,(H,19,20). The van der Waals surface area contributed by atoms with Gasteiger partial charge in [-0.1, -0.05) is 24.3 Å². The van der Waals surface area contributed by atoms with E-state index in [-0.39, 0.29) is 11.9 Å². The highest BCUT2D eigenvalue weighted by atomic mass is 16.5. The summed E-state index contributed by atoms with van der Waals surface area (Å²) in [5.41, 5.74) is 2.92. The fraction of sp³-hybridized carbons (Fsp3) is 0.222. The molecule has 120 valence electrons. The van der Waals surface area contributed by atoms with E-state index in [1.54, 1.807) is 43.5 Å². The quantitative estimate of drug-likeness (QED) is 0.832. The maximum atomic E-state index is 12.2. The number of ether oxygens (including phenoxy) is 2. The minimum atomic E-state index is -0.379. The van der Waals surface area contributed by atoms with Crippen LogP contribution in [0.5, 0.6) is 0 Å². The molecule has 0 heterocycles. The second kappa shape index (κ2) is 8.10. The lowest BCUT2D eigenvalue weighted by molar-refractivity contribution is 0.0600. The Hall–Kier alpha value is -2.66. The van der Waals surface area contributed by atoms with Gasteiger partial charge in [-0.2, -0.15) is 0 Å². The summed E-state index contributed by atoms with van der Waals surface area (Å²) in [6.45, 7) is 0.852. The molecule has 2 aromatic carbocycles. The summed E-state index contributed by atoms with van der Waals surface area (Å²) in [6, 6.07) is 14.2. The lowest BCUT2D eigenvalue weighted by Gasteiger charge is -2.07. The smallest absolute Gasteiger partial charge is 0.337 e. The van der Waals surface area contributed by atoms with Crippen molar-refractivity contribution in [1.29, 1.82) is 0 Å². The Morgan fingerprint density at radius 1 is 0.957 bits per heavy atom. The number of hydrogen-bond acceptors (Lipinski definition) is 4. The summed E-state index contributed by atoms with van der Waals surface area (Å²) in [6.07, 6.45) is 0. The van der Waals surface area contributed by atoms with Gasteiger partial charge < -0.3 is 14.8 Å². The molecule has 0 aromatic heterocycles. The summed E-state index contributed by atoms with van der Waals surface area (Å²) in [7, 11) is 2.96. The zero-order chi connectivity index (χ0) is 16.7. The van der Waals surface area contributed by atoms with E-state index in [0.717, 1.165) is 11.1 Å². The number of hydrogen-bond donors (Lipinski definition) is 1. The monoisotopic (exact) mass is 313 g/mol. The minimum absolute atomic E-state index is 0.153. The van der Waals surface area contributed by atoms with E-state index in [1.165, 1.54) is 7.11 Å². The lowest BCUT2D eigenvalue weighted by Crippen LogP contribution is -2.22. The summed E-state index contributed by atoms with van der Waals surface area (Å²) < 4.78 is 9.71. The lowest BCUT2D eigenvalue weighted by atomic mass is 10.1. The molecule has 0 fully saturated rings. The zero-order valence-corrected chi connectivity index (χ0v) is 13.2. The molecule has 5 nitrogen and oxygen atoms in total. The average molecular weight is 313 g/mol. The molecule has 0 bridgehead atoms. The number of amides is 1. The molecule has 0 aliphatic heterocycles. The predicted octanol–water partition coefficient (Wildman–Crippen LogP) is 2.55. The third-order valence-electron chi connectivity index (χ3n) is 3.33. The van der Waals surface area contributed by atoms with Crippen LogP contribution in [0.1, 0.15) is 31.8 Å². The Kier molecular flexibility index (Phi) is 5.88. The van der Waals surface area contributed by atoms with Gasteiger partial charge in [-0.15, -0.1) is 0 Å².